The summed E-state index contributed by atoms with van der Waals surface area (Å²) in [7, 11) is -3.28. The SMILES string of the molecule is Cc1ccc2[nH]c(S(C)(=O)=O)nc2n1. The zero-order valence-corrected chi connectivity index (χ0v) is 8.59. The van der Waals surface area contributed by atoms with Crippen LogP contribution in [0, 0.1) is 6.92 Å². The van der Waals surface area contributed by atoms with E-state index in [2.05, 4.69) is 15.0 Å². The second-order valence-corrected chi connectivity index (χ2v) is 5.07. The van der Waals surface area contributed by atoms with Gasteiger partial charge in [-0.1, -0.05) is 0 Å². The zero-order chi connectivity index (χ0) is 10.3. The van der Waals surface area contributed by atoms with Crippen LogP contribution in [0.4, 0.5) is 0 Å². The first kappa shape index (κ1) is 9.14. The minimum absolute atomic E-state index is 0.0365. The summed E-state index contributed by atoms with van der Waals surface area (Å²) >= 11 is 0. The minimum Gasteiger partial charge on any atom is -0.327 e. The summed E-state index contributed by atoms with van der Waals surface area (Å²) in [4.78, 5) is 10.7. The number of aromatic nitrogens is 3. The third-order valence-corrected chi connectivity index (χ3v) is 2.71. The monoisotopic (exact) mass is 211 g/mol. The van der Waals surface area contributed by atoms with Crippen molar-refractivity contribution in [2.24, 2.45) is 0 Å². The van der Waals surface area contributed by atoms with E-state index < -0.39 is 9.84 Å². The fraction of sp³-hybridized carbons (Fsp3) is 0.250. The van der Waals surface area contributed by atoms with Crippen LogP contribution >= 0.6 is 0 Å². The molecule has 0 fully saturated rings. The second-order valence-electron chi connectivity index (χ2n) is 3.14. The molecule has 0 spiro atoms. The van der Waals surface area contributed by atoms with Gasteiger partial charge in [0.2, 0.25) is 15.0 Å². The van der Waals surface area contributed by atoms with Gasteiger partial charge in [-0.15, -0.1) is 0 Å². The van der Waals surface area contributed by atoms with E-state index >= 15 is 0 Å². The number of hydrogen-bond donors (Lipinski definition) is 1. The van der Waals surface area contributed by atoms with E-state index in [1.807, 2.05) is 6.92 Å². The maximum absolute atomic E-state index is 11.2. The molecule has 0 amide bonds. The largest absolute Gasteiger partial charge is 0.327 e. The van der Waals surface area contributed by atoms with Gasteiger partial charge in [0.05, 0.1) is 5.52 Å². The Kier molecular flexibility index (Phi) is 1.81. The fourth-order valence-corrected chi connectivity index (χ4v) is 1.69. The lowest BCUT2D eigenvalue weighted by Gasteiger charge is -1.88. The van der Waals surface area contributed by atoms with Crippen LogP contribution in [0.2, 0.25) is 0 Å². The van der Waals surface area contributed by atoms with Gasteiger partial charge < -0.3 is 4.98 Å². The molecule has 5 nitrogen and oxygen atoms in total. The Labute approximate surface area is 81.1 Å². The normalized spacial score (nSPS) is 12.1. The number of H-pyrrole nitrogens is 1. The van der Waals surface area contributed by atoms with Gasteiger partial charge in [-0.3, -0.25) is 0 Å². The van der Waals surface area contributed by atoms with Gasteiger partial charge in [-0.05, 0) is 19.1 Å². The quantitative estimate of drug-likeness (QED) is 0.752. The van der Waals surface area contributed by atoms with Crippen molar-refractivity contribution in [2.45, 2.75) is 12.1 Å². The summed E-state index contributed by atoms with van der Waals surface area (Å²) in [6, 6.07) is 3.56. The lowest BCUT2D eigenvalue weighted by Crippen LogP contribution is -1.98. The summed E-state index contributed by atoms with van der Waals surface area (Å²) in [5, 5.41) is -0.0365. The molecule has 0 saturated heterocycles. The summed E-state index contributed by atoms with van der Waals surface area (Å²) in [5.74, 6) is 0. The number of sulfone groups is 1. The van der Waals surface area contributed by atoms with Crippen LogP contribution in [0.25, 0.3) is 11.2 Å². The fourth-order valence-electron chi connectivity index (χ4n) is 1.14. The molecule has 2 heterocycles. The predicted octanol–water partition coefficient (Wildman–Crippen LogP) is 0.670. The number of nitrogens with one attached hydrogen (secondary N) is 1. The van der Waals surface area contributed by atoms with Crippen molar-refractivity contribution in [2.75, 3.05) is 6.26 Å². The van der Waals surface area contributed by atoms with E-state index in [0.717, 1.165) is 11.9 Å². The molecule has 0 aliphatic heterocycles. The zero-order valence-electron chi connectivity index (χ0n) is 7.77. The van der Waals surface area contributed by atoms with Gasteiger partial charge in [-0.25, -0.2) is 13.4 Å². The van der Waals surface area contributed by atoms with Crippen molar-refractivity contribution in [3.8, 4) is 0 Å². The molecule has 0 saturated carbocycles. The van der Waals surface area contributed by atoms with E-state index in [1.54, 1.807) is 12.1 Å². The van der Waals surface area contributed by atoms with E-state index in [-0.39, 0.29) is 5.16 Å². The lowest BCUT2D eigenvalue weighted by molar-refractivity contribution is 0.595. The van der Waals surface area contributed by atoms with Crippen molar-refractivity contribution in [3.05, 3.63) is 17.8 Å². The molecule has 6 heteroatoms. The van der Waals surface area contributed by atoms with Crippen LogP contribution in [0.1, 0.15) is 5.69 Å². The summed E-state index contributed by atoms with van der Waals surface area (Å²) < 4.78 is 22.3. The van der Waals surface area contributed by atoms with Crippen LogP contribution in [0.3, 0.4) is 0 Å². The van der Waals surface area contributed by atoms with E-state index in [9.17, 15) is 8.42 Å². The van der Waals surface area contributed by atoms with E-state index in [0.29, 0.717) is 11.2 Å². The number of hydrogen-bond acceptors (Lipinski definition) is 4. The summed E-state index contributed by atoms with van der Waals surface area (Å²) in [5.41, 5.74) is 1.88. The maximum Gasteiger partial charge on any atom is 0.227 e. The number of nitrogens with zero attached hydrogens (tertiary/aromatic N) is 2. The molecule has 0 aliphatic rings. The summed E-state index contributed by atoms with van der Waals surface area (Å²) in [6.07, 6.45) is 1.11. The molecule has 14 heavy (non-hydrogen) atoms. The predicted molar refractivity (Wildman–Crippen MR) is 51.7 cm³/mol. The van der Waals surface area contributed by atoms with Crippen molar-refractivity contribution >= 4 is 21.0 Å². The molecule has 74 valence electrons. The Morgan fingerprint density at radius 2 is 2.00 bits per heavy atom. The van der Waals surface area contributed by atoms with Crippen molar-refractivity contribution in [1.29, 1.82) is 0 Å². The number of imidazole rings is 1. The van der Waals surface area contributed by atoms with Crippen LogP contribution in [0.15, 0.2) is 17.3 Å². The van der Waals surface area contributed by atoms with Gasteiger partial charge in [0.1, 0.15) is 0 Å². The first-order valence-corrected chi connectivity index (χ1v) is 5.89. The van der Waals surface area contributed by atoms with Gasteiger partial charge in [-0.2, -0.15) is 4.98 Å². The molecule has 1 N–H and O–H groups in total. The second kappa shape index (κ2) is 2.78. The number of pyridine rings is 1. The molecule has 0 bridgehead atoms. The smallest absolute Gasteiger partial charge is 0.227 e. The Morgan fingerprint density at radius 3 is 2.64 bits per heavy atom. The van der Waals surface area contributed by atoms with Crippen molar-refractivity contribution in [1.82, 2.24) is 15.0 Å². The highest BCUT2D eigenvalue weighted by Gasteiger charge is 2.13. The molecule has 2 rings (SSSR count). The molecule has 0 atom stereocenters. The van der Waals surface area contributed by atoms with Crippen LogP contribution < -0.4 is 0 Å². The first-order chi connectivity index (χ1) is 6.47. The van der Waals surface area contributed by atoms with Crippen molar-refractivity contribution in [3.63, 3.8) is 0 Å². The van der Waals surface area contributed by atoms with Crippen LogP contribution in [0.5, 0.6) is 0 Å². The summed E-state index contributed by atoms with van der Waals surface area (Å²) in [6.45, 7) is 1.83. The average molecular weight is 211 g/mol. The molecule has 0 aromatic carbocycles. The van der Waals surface area contributed by atoms with Gasteiger partial charge in [0.15, 0.2) is 5.65 Å². The maximum atomic E-state index is 11.2. The third kappa shape index (κ3) is 1.48. The lowest BCUT2D eigenvalue weighted by atomic mass is 10.4. The average Bonchev–Trinajstić information content (AvgIpc) is 2.45. The third-order valence-electron chi connectivity index (χ3n) is 1.81. The highest BCUT2D eigenvalue weighted by Crippen LogP contribution is 2.12. The Bertz CT molecular complexity index is 586. The van der Waals surface area contributed by atoms with Crippen LogP contribution in [-0.4, -0.2) is 29.6 Å². The minimum atomic E-state index is -3.28. The Morgan fingerprint density at radius 1 is 1.29 bits per heavy atom. The topological polar surface area (TPSA) is 75.7 Å². The highest BCUT2D eigenvalue weighted by atomic mass is 32.2. The van der Waals surface area contributed by atoms with Gasteiger partial charge in [0, 0.05) is 11.9 Å². The molecule has 2 aromatic rings. The Balaban J connectivity index is 2.75. The molecular formula is C8H9N3O2S. The molecule has 0 aliphatic carbocycles. The number of fused-ring (bicyclic) bond motifs is 1. The van der Waals surface area contributed by atoms with E-state index in [4.69, 9.17) is 0 Å². The first-order valence-electron chi connectivity index (χ1n) is 4.00. The highest BCUT2D eigenvalue weighted by molar-refractivity contribution is 7.90. The molecule has 2 aromatic heterocycles. The standard InChI is InChI=1S/C8H9N3O2S/c1-5-3-4-6-7(9-5)11-8(10-6)14(2,12)13/h3-4H,1-2H3,(H,9,10,11). The number of aromatic amines is 1. The number of rotatable bonds is 1. The van der Waals surface area contributed by atoms with Gasteiger partial charge in [0.25, 0.3) is 0 Å². The van der Waals surface area contributed by atoms with Gasteiger partial charge >= 0.3 is 0 Å². The Hall–Kier alpha value is -1.43. The number of aryl methyl sites for hydroxylation is 1. The molecule has 0 radical (unpaired) electrons. The molecular weight excluding hydrogens is 202 g/mol. The van der Waals surface area contributed by atoms with Crippen molar-refractivity contribution < 1.29 is 8.42 Å². The molecule has 0 unspecified atom stereocenters. The van der Waals surface area contributed by atoms with E-state index in [1.165, 1.54) is 0 Å². The van der Waals surface area contributed by atoms with Crippen LogP contribution in [-0.2, 0) is 9.84 Å².